The van der Waals surface area contributed by atoms with Gasteiger partial charge in [0.05, 0.1) is 0 Å². The Morgan fingerprint density at radius 1 is 1.19 bits per heavy atom. The van der Waals surface area contributed by atoms with Crippen LogP contribution in [0.25, 0.3) is 0 Å². The van der Waals surface area contributed by atoms with E-state index in [-0.39, 0.29) is 17.2 Å². The third-order valence-electron chi connectivity index (χ3n) is 6.40. The zero-order valence-corrected chi connectivity index (χ0v) is 20.2. The van der Waals surface area contributed by atoms with Gasteiger partial charge >= 0.3 is 0 Å². The molecule has 4 rings (SSSR count). The zero-order chi connectivity index (χ0) is 22.2. The van der Waals surface area contributed by atoms with Crippen LogP contribution < -0.4 is 15.5 Å². The van der Waals surface area contributed by atoms with E-state index < -0.39 is 6.04 Å². The SMILES string of the molecule is O=C(N[C@@H](CSCC1CCCCC1)C(=O)N1CCN(c2ccccn2)CC1)C1N[CH]CS1. The molecule has 1 aromatic rings. The number of carbonyl (C=O) groups excluding carboxylic acids is 2. The van der Waals surface area contributed by atoms with Crippen LogP contribution >= 0.6 is 23.5 Å². The van der Waals surface area contributed by atoms with Gasteiger partial charge in [0.25, 0.3) is 0 Å². The molecule has 2 amide bonds. The Balaban J connectivity index is 1.32. The van der Waals surface area contributed by atoms with Gasteiger partial charge in [-0.25, -0.2) is 4.98 Å². The van der Waals surface area contributed by atoms with E-state index in [2.05, 4.69) is 20.5 Å². The van der Waals surface area contributed by atoms with Gasteiger partial charge in [0.1, 0.15) is 17.2 Å². The average Bonchev–Trinajstić information content (AvgIpc) is 3.40. The molecule has 1 radical (unpaired) electrons. The Bertz CT molecular complexity index is 733. The largest absolute Gasteiger partial charge is 0.353 e. The number of anilines is 1. The number of aromatic nitrogens is 1. The second kappa shape index (κ2) is 12.1. The van der Waals surface area contributed by atoms with Crippen LogP contribution in [-0.4, -0.2) is 76.6 Å². The van der Waals surface area contributed by atoms with Crippen molar-refractivity contribution in [2.45, 2.75) is 43.5 Å². The molecule has 3 heterocycles. The van der Waals surface area contributed by atoms with Crippen LogP contribution in [-0.2, 0) is 9.59 Å². The second-order valence-corrected chi connectivity index (χ2v) is 10.9. The molecule has 1 unspecified atom stereocenters. The first-order valence-electron chi connectivity index (χ1n) is 11.7. The molecule has 3 fully saturated rings. The van der Waals surface area contributed by atoms with Crippen molar-refractivity contribution in [3.63, 3.8) is 0 Å². The third kappa shape index (κ3) is 6.54. The quantitative estimate of drug-likeness (QED) is 0.596. The minimum absolute atomic E-state index is 0.0436. The lowest BCUT2D eigenvalue weighted by Gasteiger charge is -2.37. The fraction of sp³-hybridized carbons (Fsp3) is 0.652. The number of piperazine rings is 1. The van der Waals surface area contributed by atoms with Crippen molar-refractivity contribution in [2.24, 2.45) is 5.92 Å². The maximum absolute atomic E-state index is 13.4. The number of hydrogen-bond acceptors (Lipinski definition) is 7. The molecule has 0 bridgehead atoms. The minimum atomic E-state index is -0.472. The number of thioether (sulfide) groups is 2. The number of rotatable bonds is 8. The van der Waals surface area contributed by atoms with Crippen LogP contribution in [0.5, 0.6) is 0 Å². The molecule has 3 aliphatic rings. The lowest BCUT2D eigenvalue weighted by Crippen LogP contribution is -2.57. The Morgan fingerprint density at radius 2 is 2.00 bits per heavy atom. The molecule has 1 aromatic heterocycles. The van der Waals surface area contributed by atoms with E-state index in [9.17, 15) is 9.59 Å². The first-order valence-corrected chi connectivity index (χ1v) is 13.9. The second-order valence-electron chi connectivity index (χ2n) is 8.69. The Morgan fingerprint density at radius 3 is 2.69 bits per heavy atom. The van der Waals surface area contributed by atoms with Crippen LogP contribution in [0.1, 0.15) is 32.1 Å². The smallest absolute Gasteiger partial charge is 0.248 e. The zero-order valence-electron chi connectivity index (χ0n) is 18.6. The van der Waals surface area contributed by atoms with Crippen molar-refractivity contribution in [1.82, 2.24) is 20.5 Å². The summed E-state index contributed by atoms with van der Waals surface area (Å²) in [6.07, 6.45) is 8.40. The lowest BCUT2D eigenvalue weighted by molar-refractivity contribution is -0.136. The number of amides is 2. The molecule has 0 aromatic carbocycles. The normalized spacial score (nSPS) is 23.2. The average molecular weight is 477 g/mol. The molecule has 7 nitrogen and oxygen atoms in total. The summed E-state index contributed by atoms with van der Waals surface area (Å²) >= 11 is 3.38. The molecular weight excluding hydrogens is 442 g/mol. The van der Waals surface area contributed by atoms with Gasteiger partial charge in [-0.2, -0.15) is 11.8 Å². The fourth-order valence-electron chi connectivity index (χ4n) is 4.54. The summed E-state index contributed by atoms with van der Waals surface area (Å²) in [7, 11) is 0. The standard InChI is InChI=1S/C23H34N5O2S2/c29-21(22-25-10-15-32-22)26-19(17-31-16-18-6-2-1-3-7-18)23(30)28-13-11-27(12-14-28)20-8-4-5-9-24-20/h4-5,8-10,18-19,22,25H,1-3,6-7,11-17H2,(H,26,29)/t19-,22?/m0/s1. The molecule has 1 aliphatic carbocycles. The first-order chi connectivity index (χ1) is 15.7. The van der Waals surface area contributed by atoms with Crippen LogP contribution in [0.4, 0.5) is 5.82 Å². The minimum Gasteiger partial charge on any atom is -0.353 e. The van der Waals surface area contributed by atoms with Crippen LogP contribution in [0.2, 0.25) is 0 Å². The summed E-state index contributed by atoms with van der Waals surface area (Å²) in [5.41, 5.74) is 0. The number of carbonyl (C=O) groups is 2. The summed E-state index contributed by atoms with van der Waals surface area (Å²) in [6, 6.07) is 5.43. The highest BCUT2D eigenvalue weighted by Gasteiger charge is 2.32. The van der Waals surface area contributed by atoms with Gasteiger partial charge < -0.3 is 15.1 Å². The van der Waals surface area contributed by atoms with Gasteiger partial charge in [-0.15, -0.1) is 11.8 Å². The van der Waals surface area contributed by atoms with Crippen molar-refractivity contribution in [3.05, 3.63) is 30.9 Å². The molecule has 32 heavy (non-hydrogen) atoms. The van der Waals surface area contributed by atoms with E-state index in [0.717, 1.165) is 36.3 Å². The van der Waals surface area contributed by atoms with Crippen molar-refractivity contribution < 1.29 is 9.59 Å². The highest BCUT2D eigenvalue weighted by Crippen LogP contribution is 2.27. The van der Waals surface area contributed by atoms with Gasteiger partial charge in [0, 0.05) is 50.4 Å². The van der Waals surface area contributed by atoms with Gasteiger partial charge in [-0.1, -0.05) is 25.3 Å². The molecule has 2 N–H and O–H groups in total. The van der Waals surface area contributed by atoms with E-state index >= 15 is 0 Å². The number of hydrogen-bond donors (Lipinski definition) is 2. The van der Waals surface area contributed by atoms with Crippen molar-refractivity contribution in [2.75, 3.05) is 48.3 Å². The topological polar surface area (TPSA) is 77.6 Å². The molecule has 175 valence electrons. The summed E-state index contributed by atoms with van der Waals surface area (Å²) in [6.45, 7) is 4.72. The predicted molar refractivity (Wildman–Crippen MR) is 133 cm³/mol. The van der Waals surface area contributed by atoms with E-state index in [4.69, 9.17) is 0 Å². The number of nitrogens with zero attached hydrogens (tertiary/aromatic N) is 3. The highest BCUT2D eigenvalue weighted by molar-refractivity contribution is 8.01. The molecule has 2 saturated heterocycles. The first kappa shape index (κ1) is 23.7. The van der Waals surface area contributed by atoms with E-state index in [1.165, 1.54) is 32.1 Å². The van der Waals surface area contributed by atoms with E-state index in [0.29, 0.717) is 18.8 Å². The maximum Gasteiger partial charge on any atom is 0.248 e. The fourth-order valence-corrected chi connectivity index (χ4v) is 6.61. The molecule has 2 aliphatic heterocycles. The van der Waals surface area contributed by atoms with Crippen molar-refractivity contribution >= 4 is 41.2 Å². The summed E-state index contributed by atoms with van der Waals surface area (Å²) in [4.78, 5) is 34.7. The third-order valence-corrected chi connectivity index (χ3v) is 8.71. The predicted octanol–water partition coefficient (Wildman–Crippen LogP) is 2.35. The van der Waals surface area contributed by atoms with Crippen LogP contribution in [0.3, 0.4) is 0 Å². The van der Waals surface area contributed by atoms with Crippen LogP contribution in [0.15, 0.2) is 24.4 Å². The summed E-state index contributed by atoms with van der Waals surface area (Å²) in [5.74, 6) is 4.19. The van der Waals surface area contributed by atoms with Gasteiger partial charge in [0.2, 0.25) is 11.8 Å². The summed E-state index contributed by atoms with van der Waals surface area (Å²) in [5, 5.41) is 5.85. The summed E-state index contributed by atoms with van der Waals surface area (Å²) < 4.78 is 0. The van der Waals surface area contributed by atoms with Gasteiger partial charge in [-0.05, 0) is 36.6 Å². The Kier molecular flexibility index (Phi) is 8.99. The van der Waals surface area contributed by atoms with E-state index in [1.807, 2.05) is 41.4 Å². The Hall–Kier alpha value is -1.45. The monoisotopic (exact) mass is 476 g/mol. The number of nitrogens with one attached hydrogen (secondary N) is 2. The lowest BCUT2D eigenvalue weighted by atomic mass is 9.91. The molecule has 1 saturated carbocycles. The molecule has 9 heteroatoms. The number of pyridine rings is 1. The Labute approximate surface area is 199 Å². The van der Waals surface area contributed by atoms with E-state index in [1.54, 1.807) is 18.0 Å². The van der Waals surface area contributed by atoms with Gasteiger partial charge in [-0.3, -0.25) is 14.9 Å². The molecule has 2 atom stereocenters. The van der Waals surface area contributed by atoms with Crippen LogP contribution in [0, 0.1) is 12.5 Å². The van der Waals surface area contributed by atoms with Crippen molar-refractivity contribution in [3.8, 4) is 0 Å². The maximum atomic E-state index is 13.4. The molecular formula is C23H34N5O2S2. The molecule has 0 spiro atoms. The highest BCUT2D eigenvalue weighted by atomic mass is 32.2. The van der Waals surface area contributed by atoms with Gasteiger partial charge in [0.15, 0.2) is 0 Å². The van der Waals surface area contributed by atoms with Crippen molar-refractivity contribution in [1.29, 1.82) is 0 Å².